The molecule has 4 aromatic rings. The molecule has 3 heterocycles. The van der Waals surface area contributed by atoms with Crippen molar-refractivity contribution in [2.45, 2.75) is 12.7 Å². The quantitative estimate of drug-likeness (QED) is 0.551. The van der Waals surface area contributed by atoms with Gasteiger partial charge in [-0.1, -0.05) is 6.07 Å². The molecule has 0 aliphatic rings. The fraction of sp³-hybridized carbons (Fsp3) is 0.167. The van der Waals surface area contributed by atoms with Gasteiger partial charge in [-0.05, 0) is 23.8 Å². The van der Waals surface area contributed by atoms with Gasteiger partial charge >= 0.3 is 12.2 Å². The summed E-state index contributed by atoms with van der Waals surface area (Å²) < 4.78 is 42.3. The molecule has 0 saturated carbocycles. The first kappa shape index (κ1) is 18.6. The molecule has 8 nitrogen and oxygen atoms in total. The minimum atomic E-state index is -4.47. The van der Waals surface area contributed by atoms with Crippen LogP contribution in [0.2, 0.25) is 0 Å². The van der Waals surface area contributed by atoms with E-state index in [1.54, 1.807) is 6.20 Å². The van der Waals surface area contributed by atoms with Crippen molar-refractivity contribution in [1.29, 1.82) is 0 Å². The highest BCUT2D eigenvalue weighted by Gasteiger charge is 2.28. The van der Waals surface area contributed by atoms with Gasteiger partial charge < -0.3 is 4.74 Å². The van der Waals surface area contributed by atoms with Crippen LogP contribution in [0.4, 0.5) is 13.2 Å². The molecule has 148 valence electrons. The van der Waals surface area contributed by atoms with Gasteiger partial charge in [-0.3, -0.25) is 9.89 Å². The van der Waals surface area contributed by atoms with Crippen molar-refractivity contribution in [1.82, 2.24) is 29.9 Å². The maximum Gasteiger partial charge on any atom is 0.422 e. The molecule has 0 bridgehead atoms. The number of ether oxygens (including phenoxy) is 1. The van der Waals surface area contributed by atoms with Crippen LogP contribution in [0, 0.1) is 0 Å². The zero-order valence-corrected chi connectivity index (χ0v) is 14.7. The van der Waals surface area contributed by atoms with E-state index in [4.69, 9.17) is 0 Å². The number of fused-ring (bicyclic) bond motifs is 1. The summed E-state index contributed by atoms with van der Waals surface area (Å²) in [6, 6.07) is 8.07. The molecule has 0 aliphatic heterocycles. The molecule has 1 N–H and O–H groups in total. The number of hydrogen-bond donors (Lipinski definition) is 1. The SMILES string of the molecule is O=c1ccc(-c2cnc(OCC(F)(F)F)nc2)nn1Cc1ccc2[nH]ncc2c1. The zero-order chi connectivity index (χ0) is 20.4. The third-order valence-electron chi connectivity index (χ3n) is 3.99. The number of halogens is 3. The first-order valence-corrected chi connectivity index (χ1v) is 8.39. The average molecular weight is 402 g/mol. The Morgan fingerprint density at radius 2 is 1.86 bits per heavy atom. The van der Waals surface area contributed by atoms with Crippen molar-refractivity contribution in [2.24, 2.45) is 0 Å². The molecule has 0 aliphatic carbocycles. The molecule has 0 unspecified atom stereocenters. The van der Waals surface area contributed by atoms with Crippen molar-refractivity contribution in [2.75, 3.05) is 6.61 Å². The number of aromatic nitrogens is 6. The van der Waals surface area contributed by atoms with Gasteiger partial charge in [-0.2, -0.15) is 23.4 Å². The number of alkyl halides is 3. The predicted octanol–water partition coefficient (Wildman–Crippen LogP) is 2.57. The Hall–Kier alpha value is -3.76. The van der Waals surface area contributed by atoms with Crippen LogP contribution in [0.3, 0.4) is 0 Å². The lowest BCUT2D eigenvalue weighted by Gasteiger charge is -2.09. The van der Waals surface area contributed by atoms with Crippen LogP contribution in [0.5, 0.6) is 6.01 Å². The third kappa shape index (κ3) is 4.39. The topological polar surface area (TPSA) is 98.6 Å². The Bertz CT molecular complexity index is 1200. The molecule has 3 aromatic heterocycles. The van der Waals surface area contributed by atoms with Gasteiger partial charge in [0.05, 0.1) is 24.0 Å². The molecule has 0 amide bonds. The Morgan fingerprint density at radius 3 is 2.62 bits per heavy atom. The lowest BCUT2D eigenvalue weighted by molar-refractivity contribution is -0.154. The Balaban J connectivity index is 1.55. The van der Waals surface area contributed by atoms with Gasteiger partial charge in [0.1, 0.15) is 0 Å². The Morgan fingerprint density at radius 1 is 1.07 bits per heavy atom. The van der Waals surface area contributed by atoms with Gasteiger partial charge in [0.15, 0.2) is 6.61 Å². The minimum absolute atomic E-state index is 0.238. The fourth-order valence-electron chi connectivity index (χ4n) is 2.65. The summed E-state index contributed by atoms with van der Waals surface area (Å²) in [6.07, 6.45) is -0.218. The molecule has 0 saturated heterocycles. The van der Waals surface area contributed by atoms with Crippen LogP contribution in [0.15, 0.2) is 53.7 Å². The van der Waals surface area contributed by atoms with Gasteiger partial charge in [0.2, 0.25) is 0 Å². The summed E-state index contributed by atoms with van der Waals surface area (Å²) in [7, 11) is 0. The lowest BCUT2D eigenvalue weighted by Crippen LogP contribution is -2.23. The van der Waals surface area contributed by atoms with Crippen LogP contribution in [0.1, 0.15) is 5.56 Å². The van der Waals surface area contributed by atoms with E-state index in [1.165, 1.54) is 29.2 Å². The molecule has 0 fully saturated rings. The summed E-state index contributed by atoms with van der Waals surface area (Å²) in [4.78, 5) is 19.7. The first-order valence-electron chi connectivity index (χ1n) is 8.39. The third-order valence-corrected chi connectivity index (χ3v) is 3.99. The Labute approximate surface area is 161 Å². The first-order chi connectivity index (χ1) is 13.9. The summed E-state index contributed by atoms with van der Waals surface area (Å²) in [5.41, 5.74) is 2.28. The van der Waals surface area contributed by atoms with E-state index in [0.29, 0.717) is 11.3 Å². The highest BCUT2D eigenvalue weighted by Crippen LogP contribution is 2.18. The molecule has 0 spiro atoms. The number of H-pyrrole nitrogens is 1. The lowest BCUT2D eigenvalue weighted by atomic mass is 10.1. The van der Waals surface area contributed by atoms with E-state index in [1.807, 2.05) is 18.2 Å². The fourth-order valence-corrected chi connectivity index (χ4v) is 2.65. The van der Waals surface area contributed by atoms with Gasteiger partial charge in [0, 0.05) is 29.4 Å². The van der Waals surface area contributed by atoms with E-state index in [2.05, 4.69) is 30.0 Å². The number of benzene rings is 1. The number of nitrogens with one attached hydrogen (secondary N) is 1. The van der Waals surface area contributed by atoms with Crippen LogP contribution >= 0.6 is 0 Å². The molecular weight excluding hydrogens is 389 g/mol. The van der Waals surface area contributed by atoms with Gasteiger partial charge in [-0.25, -0.2) is 14.6 Å². The summed E-state index contributed by atoms with van der Waals surface area (Å²) >= 11 is 0. The van der Waals surface area contributed by atoms with Gasteiger partial charge in [-0.15, -0.1) is 0 Å². The standard InChI is InChI=1S/C18H13F3N6O2/c19-18(20,21)10-29-17-22-6-13(7-23-17)15-3-4-16(28)27(26-15)9-11-1-2-14-12(5-11)8-24-25-14/h1-8H,9-10H2,(H,24,25). The number of aromatic amines is 1. The monoisotopic (exact) mass is 402 g/mol. The smallest absolute Gasteiger partial charge is 0.422 e. The van der Waals surface area contributed by atoms with Crippen LogP contribution < -0.4 is 10.3 Å². The van der Waals surface area contributed by atoms with Crippen molar-refractivity contribution in [3.63, 3.8) is 0 Å². The molecular formula is C18H13F3N6O2. The van der Waals surface area contributed by atoms with Crippen LogP contribution in [0.25, 0.3) is 22.2 Å². The largest absolute Gasteiger partial charge is 0.454 e. The van der Waals surface area contributed by atoms with Crippen LogP contribution in [-0.4, -0.2) is 42.7 Å². The van der Waals surface area contributed by atoms with E-state index < -0.39 is 18.8 Å². The normalized spacial score (nSPS) is 11.7. The van der Waals surface area contributed by atoms with Crippen LogP contribution in [-0.2, 0) is 6.54 Å². The highest BCUT2D eigenvalue weighted by atomic mass is 19.4. The second kappa shape index (κ2) is 7.34. The summed E-state index contributed by atoms with van der Waals surface area (Å²) in [5.74, 6) is 0. The van der Waals surface area contributed by atoms with E-state index >= 15 is 0 Å². The maximum absolute atomic E-state index is 12.2. The zero-order valence-electron chi connectivity index (χ0n) is 14.7. The summed E-state index contributed by atoms with van der Waals surface area (Å²) in [5, 5.41) is 12.0. The summed E-state index contributed by atoms with van der Waals surface area (Å²) in [6.45, 7) is -1.24. The maximum atomic E-state index is 12.2. The Kier molecular flexibility index (Phi) is 4.71. The number of hydrogen-bond acceptors (Lipinski definition) is 6. The molecule has 0 radical (unpaired) electrons. The number of rotatable bonds is 5. The molecule has 1 aromatic carbocycles. The number of nitrogens with zero attached hydrogens (tertiary/aromatic N) is 5. The molecule has 4 rings (SSSR count). The second-order valence-electron chi connectivity index (χ2n) is 6.16. The van der Waals surface area contributed by atoms with E-state index in [0.717, 1.165) is 16.5 Å². The van der Waals surface area contributed by atoms with E-state index in [9.17, 15) is 18.0 Å². The van der Waals surface area contributed by atoms with Crippen molar-refractivity contribution < 1.29 is 17.9 Å². The van der Waals surface area contributed by atoms with E-state index in [-0.39, 0.29) is 12.1 Å². The molecule has 29 heavy (non-hydrogen) atoms. The molecule has 0 atom stereocenters. The second-order valence-corrected chi connectivity index (χ2v) is 6.16. The highest BCUT2D eigenvalue weighted by molar-refractivity contribution is 5.78. The molecule has 11 heteroatoms. The predicted molar refractivity (Wildman–Crippen MR) is 96.3 cm³/mol. The average Bonchev–Trinajstić information content (AvgIpc) is 3.16. The van der Waals surface area contributed by atoms with Crippen molar-refractivity contribution in [3.8, 4) is 17.3 Å². The van der Waals surface area contributed by atoms with Crippen molar-refractivity contribution >= 4 is 10.9 Å². The van der Waals surface area contributed by atoms with Gasteiger partial charge in [0.25, 0.3) is 5.56 Å². The minimum Gasteiger partial charge on any atom is -0.454 e. The van der Waals surface area contributed by atoms with Crippen molar-refractivity contribution in [3.05, 3.63) is 64.8 Å².